The molecule has 0 aliphatic heterocycles. The number of benzene rings is 1. The zero-order valence-corrected chi connectivity index (χ0v) is 27.7. The van der Waals surface area contributed by atoms with Crippen LogP contribution in [0.25, 0.3) is 10.9 Å². The number of Topliss-reactive ketones (excluding diaryl/α,β-unsaturated/α-hetero) is 1. The number of phenols is 1. The maximum atomic E-state index is 17.1. The molecule has 3 saturated carbocycles. The zero-order chi connectivity index (χ0) is 34.3. The van der Waals surface area contributed by atoms with E-state index in [9.17, 15) is 24.6 Å². The number of halogens is 2. The average molecular weight is 655 g/mol. The van der Waals surface area contributed by atoms with Gasteiger partial charge in [-0.3, -0.25) is 14.4 Å². The maximum Gasteiger partial charge on any atom is 0.306 e. The molecule has 4 aliphatic rings. The minimum Gasteiger partial charge on any atom is -0.508 e. The lowest BCUT2D eigenvalue weighted by molar-refractivity contribution is -0.202. The largest absolute Gasteiger partial charge is 0.508 e. The summed E-state index contributed by atoms with van der Waals surface area (Å²) in [5.41, 5.74) is 3.46. The molecule has 4 aliphatic carbocycles. The van der Waals surface area contributed by atoms with E-state index in [1.165, 1.54) is 18.2 Å². The summed E-state index contributed by atoms with van der Waals surface area (Å²) < 4.78 is 37.7. The number of unbranched alkanes of at least 4 members (excludes halogenated alkanes) is 1. The fraction of sp³-hybridized carbons (Fsp3) is 0.595. The van der Waals surface area contributed by atoms with Gasteiger partial charge in [0.05, 0.1) is 6.10 Å². The summed E-state index contributed by atoms with van der Waals surface area (Å²) in [6.07, 6.45) is 5.98. The highest BCUT2D eigenvalue weighted by Crippen LogP contribution is 2.70. The van der Waals surface area contributed by atoms with Gasteiger partial charge in [0, 0.05) is 40.8 Å². The van der Waals surface area contributed by atoms with E-state index in [0.717, 1.165) is 29.3 Å². The molecule has 8 nitrogen and oxygen atoms in total. The molecule has 6 rings (SSSR count). The van der Waals surface area contributed by atoms with Gasteiger partial charge in [-0.15, -0.1) is 0 Å². The number of hydrogen-bond acceptors (Lipinski definition) is 7. The lowest BCUT2D eigenvalue weighted by Gasteiger charge is -2.62. The van der Waals surface area contributed by atoms with Crippen molar-refractivity contribution in [3.05, 3.63) is 53.8 Å². The number of aliphatic hydroxyl groups excluding tert-OH is 1. The van der Waals surface area contributed by atoms with Gasteiger partial charge in [0.2, 0.25) is 0 Å². The van der Waals surface area contributed by atoms with Crippen LogP contribution in [0, 0.1) is 34.5 Å². The number of hydrogen-bond donors (Lipinski definition) is 4. The molecule has 47 heavy (non-hydrogen) atoms. The number of esters is 1. The number of nitrogens with two attached hydrogens (primary N) is 1. The van der Waals surface area contributed by atoms with Gasteiger partial charge in [-0.1, -0.05) is 33.3 Å². The number of rotatable bonds is 8. The molecule has 2 aromatic rings. The topological polar surface area (TPSA) is 143 Å². The Labute approximate surface area is 274 Å². The number of aliphatic hydroxyl groups is 1. The van der Waals surface area contributed by atoms with Gasteiger partial charge in [-0.2, -0.15) is 0 Å². The number of allylic oxidation sites excluding steroid dienone is 4. The lowest BCUT2D eigenvalue weighted by atomic mass is 9.45. The first-order valence-corrected chi connectivity index (χ1v) is 16.8. The minimum absolute atomic E-state index is 0.0524. The van der Waals surface area contributed by atoms with E-state index in [4.69, 9.17) is 10.5 Å². The summed E-state index contributed by atoms with van der Waals surface area (Å²) in [5.74, 6) is -2.45. The number of fused-ring (bicyclic) bond motifs is 6. The van der Waals surface area contributed by atoms with Crippen LogP contribution in [0.4, 0.5) is 8.78 Å². The van der Waals surface area contributed by atoms with Crippen LogP contribution in [0.3, 0.4) is 0 Å². The van der Waals surface area contributed by atoms with Crippen LogP contribution < -0.4 is 5.73 Å². The van der Waals surface area contributed by atoms with Gasteiger partial charge in [0.1, 0.15) is 18.5 Å². The van der Waals surface area contributed by atoms with Crippen molar-refractivity contribution >= 4 is 28.4 Å². The van der Waals surface area contributed by atoms with Gasteiger partial charge in [-0.25, -0.2) is 8.78 Å². The number of carbonyl (C=O) groups is 3. The highest BCUT2D eigenvalue weighted by atomic mass is 19.1. The molecule has 0 amide bonds. The summed E-state index contributed by atoms with van der Waals surface area (Å²) >= 11 is 0. The Balaban J connectivity index is 0.000000277. The number of carbonyl (C=O) groups excluding carboxylic acids is 3. The summed E-state index contributed by atoms with van der Waals surface area (Å²) in [7, 11) is 0. The van der Waals surface area contributed by atoms with Crippen molar-refractivity contribution in [3.8, 4) is 5.75 Å². The highest BCUT2D eigenvalue weighted by molar-refractivity contribution is 6.01. The second kappa shape index (κ2) is 13.3. The minimum atomic E-state index is -2.15. The van der Waals surface area contributed by atoms with Gasteiger partial charge in [0.15, 0.2) is 17.2 Å². The molecule has 1 heterocycles. The summed E-state index contributed by atoms with van der Waals surface area (Å²) in [6, 6.07) is 5.30. The Morgan fingerprint density at radius 2 is 1.94 bits per heavy atom. The molecular weight excluding hydrogens is 606 g/mol. The number of phenolic OH excluding ortho intramolecular Hbond substituents is 1. The second-order valence-corrected chi connectivity index (χ2v) is 14.5. The van der Waals surface area contributed by atoms with E-state index < -0.39 is 46.6 Å². The van der Waals surface area contributed by atoms with Crippen LogP contribution in [0.5, 0.6) is 5.75 Å². The molecule has 0 spiro atoms. The number of ether oxygens (including phenoxy) is 1. The first kappa shape index (κ1) is 35.0. The Kier molecular flexibility index (Phi) is 9.86. The lowest BCUT2D eigenvalue weighted by Crippen LogP contribution is -2.68. The smallest absolute Gasteiger partial charge is 0.306 e. The van der Waals surface area contributed by atoms with Gasteiger partial charge in [-0.05, 0) is 104 Å². The summed E-state index contributed by atoms with van der Waals surface area (Å²) in [4.78, 5) is 40.2. The number of aromatic hydroxyl groups is 1. The molecule has 0 unspecified atom stereocenters. The fourth-order valence-corrected chi connectivity index (χ4v) is 9.42. The van der Waals surface area contributed by atoms with Gasteiger partial charge in [0.25, 0.3) is 0 Å². The van der Waals surface area contributed by atoms with Gasteiger partial charge >= 0.3 is 5.97 Å². The SMILES string of the molecule is CCCCC(=O)OCC(=O)[C@H]1[C@H](C)C[C@H]2[C@@H]3C[C@H](F)C4=CC(=O)C=C[C@]4(C)[C@@]3(F)[C@@H](O)C[C@@]21C.NCCc1c[nH]c2ccc(O)cc12. The normalized spacial score (nSPS) is 35.7. The monoisotopic (exact) mass is 654 g/mol. The average Bonchev–Trinajstić information content (AvgIpc) is 3.54. The molecule has 0 saturated heterocycles. The van der Waals surface area contributed by atoms with Crippen molar-refractivity contribution in [3.63, 3.8) is 0 Å². The molecule has 9 atom stereocenters. The number of aromatic nitrogens is 1. The standard InChI is InChI=1S/C27H36F2O5.C10H12N2O/c1-5-6-7-23(33)34-14-21(31)24-15(2)10-17-18-12-20(28)19-11-16(30)8-9-26(19,4)27(18,29)22(32)13-25(17,24)3;11-4-3-7-6-12-10-2-1-8(13)5-9(7)10/h8-9,11,15,17-18,20,22,24,32H,5-7,10,12-14H2,1-4H3;1-2,5-6,12-13H,3-4,11H2/t15-,17+,18+,20+,22+,24-,25+,26+,27+;/m1./s1. The van der Waals surface area contributed by atoms with E-state index in [-0.39, 0.29) is 54.8 Å². The number of nitrogens with one attached hydrogen (secondary N) is 1. The highest BCUT2D eigenvalue weighted by Gasteiger charge is 2.73. The first-order chi connectivity index (χ1) is 22.2. The van der Waals surface area contributed by atoms with Gasteiger partial charge < -0.3 is 25.7 Å². The van der Waals surface area contributed by atoms with E-state index in [0.29, 0.717) is 25.1 Å². The molecule has 5 N–H and O–H groups in total. The van der Waals surface area contributed by atoms with Crippen molar-refractivity contribution in [2.45, 2.75) is 90.6 Å². The molecule has 10 heteroatoms. The maximum absolute atomic E-state index is 17.1. The third-order valence-corrected chi connectivity index (χ3v) is 11.6. The molecule has 1 aromatic carbocycles. The molecule has 3 fully saturated rings. The first-order valence-electron chi connectivity index (χ1n) is 16.8. The Bertz CT molecular complexity index is 1590. The number of alkyl halides is 2. The molecule has 256 valence electrons. The third kappa shape index (κ3) is 5.96. The number of H-pyrrole nitrogens is 1. The van der Waals surface area contributed by atoms with E-state index in [1.54, 1.807) is 19.1 Å². The number of ketones is 2. The van der Waals surface area contributed by atoms with Crippen LogP contribution in [-0.4, -0.2) is 63.8 Å². The summed E-state index contributed by atoms with van der Waals surface area (Å²) in [6.45, 7) is 7.66. The quantitative estimate of drug-likeness (QED) is 0.262. The fourth-order valence-electron chi connectivity index (χ4n) is 9.42. The molecule has 1 aromatic heterocycles. The van der Waals surface area contributed by atoms with Crippen LogP contribution in [0.1, 0.15) is 71.8 Å². The van der Waals surface area contributed by atoms with Crippen LogP contribution in [-0.2, 0) is 25.5 Å². The zero-order valence-electron chi connectivity index (χ0n) is 27.7. The van der Waals surface area contributed by atoms with E-state index in [1.807, 2.05) is 33.0 Å². The van der Waals surface area contributed by atoms with Crippen molar-refractivity contribution in [1.29, 1.82) is 0 Å². The summed E-state index contributed by atoms with van der Waals surface area (Å²) in [5, 5.41) is 21.6. The second-order valence-electron chi connectivity index (χ2n) is 14.5. The van der Waals surface area contributed by atoms with Crippen LogP contribution in [0.15, 0.2) is 48.2 Å². The predicted octanol–water partition coefficient (Wildman–Crippen LogP) is 5.84. The molecular formula is C37H48F2N2O6. The van der Waals surface area contributed by atoms with Crippen molar-refractivity contribution in [2.24, 2.45) is 40.2 Å². The van der Waals surface area contributed by atoms with Crippen molar-refractivity contribution in [2.75, 3.05) is 13.2 Å². The predicted molar refractivity (Wildman–Crippen MR) is 175 cm³/mol. The van der Waals surface area contributed by atoms with Crippen LogP contribution in [0.2, 0.25) is 0 Å². The Morgan fingerprint density at radius 3 is 2.64 bits per heavy atom. The Morgan fingerprint density at radius 1 is 1.19 bits per heavy atom. The van der Waals surface area contributed by atoms with Crippen LogP contribution >= 0.6 is 0 Å². The van der Waals surface area contributed by atoms with Crippen molar-refractivity contribution in [1.82, 2.24) is 4.98 Å². The molecule has 0 bridgehead atoms. The van der Waals surface area contributed by atoms with E-state index in [2.05, 4.69) is 4.98 Å². The number of aromatic amines is 1. The van der Waals surface area contributed by atoms with E-state index >= 15 is 8.78 Å². The molecule has 0 radical (unpaired) electrons. The Hall–Kier alpha value is -3.37. The third-order valence-electron chi connectivity index (χ3n) is 11.6. The van der Waals surface area contributed by atoms with Crippen molar-refractivity contribution < 1.29 is 38.1 Å².